The second kappa shape index (κ2) is 4.42. The molecule has 5 unspecified atom stereocenters. The average molecular weight is 365 g/mol. The molecule has 1 aromatic carbocycles. The number of carbonyl (C=O) groups excluding carboxylic acids is 2. The first-order valence-corrected chi connectivity index (χ1v) is 10.3. The van der Waals surface area contributed by atoms with Crippen molar-refractivity contribution in [1.29, 1.82) is 0 Å². The van der Waals surface area contributed by atoms with Crippen LogP contribution < -0.4 is 5.30 Å². The van der Waals surface area contributed by atoms with Crippen LogP contribution in [0.5, 0.6) is 0 Å². The van der Waals surface area contributed by atoms with Crippen LogP contribution in [0.3, 0.4) is 0 Å². The Balaban J connectivity index is 2.05. The van der Waals surface area contributed by atoms with Gasteiger partial charge in [0.15, 0.2) is 0 Å². The zero-order valence-corrected chi connectivity index (χ0v) is 15.4. The molecule has 2 bridgehead atoms. The summed E-state index contributed by atoms with van der Waals surface area (Å²) < 4.78 is 19.1. The van der Waals surface area contributed by atoms with E-state index in [2.05, 4.69) is 0 Å². The molecule has 2 fully saturated rings. The number of hydrogen-bond acceptors (Lipinski definition) is 4. The summed E-state index contributed by atoms with van der Waals surface area (Å²) >= 11 is 6.52. The number of fused-ring (bicyclic) bond motifs is 1. The molecular formula is C18H18ClO4P. The van der Waals surface area contributed by atoms with Crippen molar-refractivity contribution in [2.75, 3.05) is 6.16 Å². The fourth-order valence-electron chi connectivity index (χ4n) is 4.92. The predicted molar refractivity (Wildman–Crippen MR) is 91.7 cm³/mol. The molecule has 5 atom stereocenters. The van der Waals surface area contributed by atoms with Crippen LogP contribution in [0.4, 0.5) is 0 Å². The highest BCUT2D eigenvalue weighted by Gasteiger charge is 2.81. The maximum absolute atomic E-state index is 14.1. The molecule has 3 heterocycles. The summed E-state index contributed by atoms with van der Waals surface area (Å²) in [6, 6.07) is 9.20. The number of cyclic esters (lactones) is 2. The Bertz CT molecular complexity index is 863. The lowest BCUT2D eigenvalue weighted by Gasteiger charge is -2.61. The van der Waals surface area contributed by atoms with Crippen LogP contribution in [0.2, 0.25) is 0 Å². The van der Waals surface area contributed by atoms with Crippen molar-refractivity contribution in [3.63, 3.8) is 0 Å². The summed E-state index contributed by atoms with van der Waals surface area (Å²) in [6.07, 6.45) is 2.00. The summed E-state index contributed by atoms with van der Waals surface area (Å²) in [6.45, 7) is 5.27. The van der Waals surface area contributed by atoms with Crippen molar-refractivity contribution in [1.82, 2.24) is 0 Å². The van der Waals surface area contributed by atoms with Crippen molar-refractivity contribution in [2.24, 2.45) is 16.2 Å². The minimum absolute atomic E-state index is 0.262. The van der Waals surface area contributed by atoms with Gasteiger partial charge in [-0.15, -0.1) is 0 Å². The summed E-state index contributed by atoms with van der Waals surface area (Å²) in [5, 5.41) is 1.22. The lowest BCUT2D eigenvalue weighted by Crippen LogP contribution is -2.65. The van der Waals surface area contributed by atoms with Gasteiger partial charge in [0.25, 0.3) is 0 Å². The van der Waals surface area contributed by atoms with E-state index in [9.17, 15) is 14.2 Å². The Kier molecular flexibility index (Phi) is 2.96. The fraction of sp³-hybridized carbons (Fsp3) is 0.444. The van der Waals surface area contributed by atoms with Crippen LogP contribution in [-0.2, 0) is 18.9 Å². The summed E-state index contributed by atoms with van der Waals surface area (Å²) in [7, 11) is -2.98. The first kappa shape index (κ1) is 16.1. The van der Waals surface area contributed by atoms with E-state index in [0.29, 0.717) is 5.03 Å². The van der Waals surface area contributed by atoms with E-state index < -0.39 is 41.0 Å². The standard InChI is InChI=1S/C18H18ClO4P/c1-16-10-24(22,11-7-5-4-6-8-11)13(9-12(16)19)17(2)14(20)23-15(21)18(16,17)3/h4-9,13H,10H2,1-3H3. The van der Waals surface area contributed by atoms with E-state index in [0.717, 1.165) is 5.30 Å². The summed E-state index contributed by atoms with van der Waals surface area (Å²) in [5.41, 5.74) is -3.82. The number of hydrogen-bond donors (Lipinski definition) is 0. The van der Waals surface area contributed by atoms with E-state index >= 15 is 0 Å². The Morgan fingerprint density at radius 2 is 1.75 bits per heavy atom. The highest BCUT2D eigenvalue weighted by Crippen LogP contribution is 2.79. The van der Waals surface area contributed by atoms with Crippen LogP contribution in [0.25, 0.3) is 0 Å². The van der Waals surface area contributed by atoms with Gasteiger partial charge >= 0.3 is 11.9 Å². The van der Waals surface area contributed by atoms with Gasteiger partial charge < -0.3 is 9.30 Å². The smallest absolute Gasteiger partial charge is 0.321 e. The molecule has 5 rings (SSSR count). The molecule has 1 aromatic rings. The minimum Gasteiger partial charge on any atom is -0.392 e. The zero-order chi connectivity index (χ0) is 17.5. The molecule has 0 saturated carbocycles. The Morgan fingerprint density at radius 3 is 2.38 bits per heavy atom. The van der Waals surface area contributed by atoms with E-state index in [1.807, 2.05) is 37.3 Å². The topological polar surface area (TPSA) is 60.4 Å². The molecule has 24 heavy (non-hydrogen) atoms. The first-order valence-electron chi connectivity index (χ1n) is 7.91. The van der Waals surface area contributed by atoms with Crippen LogP contribution in [0, 0.1) is 16.2 Å². The maximum atomic E-state index is 14.1. The monoisotopic (exact) mass is 364 g/mol. The SMILES string of the molecule is CC12CP(=O)(c3ccccc3)C(C=C1Cl)C1(C)C(=O)OC(=O)C21C. The highest BCUT2D eigenvalue weighted by molar-refractivity contribution is 7.72. The van der Waals surface area contributed by atoms with Crippen molar-refractivity contribution in [3.8, 4) is 0 Å². The second-order valence-corrected chi connectivity index (χ2v) is 11.0. The maximum Gasteiger partial charge on any atom is 0.321 e. The van der Waals surface area contributed by atoms with Crippen molar-refractivity contribution in [2.45, 2.75) is 26.4 Å². The van der Waals surface area contributed by atoms with Crippen LogP contribution in [-0.4, -0.2) is 23.8 Å². The van der Waals surface area contributed by atoms with Gasteiger partial charge in [0.1, 0.15) is 7.14 Å². The fourth-order valence-corrected chi connectivity index (χ4v) is 9.88. The second-order valence-electron chi connectivity index (χ2n) is 7.59. The number of ether oxygens (including phenoxy) is 1. The lowest BCUT2D eigenvalue weighted by molar-refractivity contribution is -0.156. The number of allylic oxidation sites excluding steroid dienone is 2. The Hall–Kier alpha value is -1.38. The normalized spacial score (nSPS) is 46.5. The molecule has 0 N–H and O–H groups in total. The highest BCUT2D eigenvalue weighted by atomic mass is 35.5. The number of benzene rings is 1. The average Bonchev–Trinajstić information content (AvgIpc) is 2.73. The molecule has 4 nitrogen and oxygen atoms in total. The number of rotatable bonds is 1. The van der Waals surface area contributed by atoms with Gasteiger partial charge in [-0.1, -0.05) is 54.9 Å². The third-order valence-corrected chi connectivity index (χ3v) is 11.2. The molecule has 0 aromatic heterocycles. The number of esters is 2. The number of carbonyl (C=O) groups is 2. The van der Waals surface area contributed by atoms with E-state index in [4.69, 9.17) is 16.3 Å². The summed E-state index contributed by atoms with van der Waals surface area (Å²) in [5.74, 6) is -1.16. The van der Waals surface area contributed by atoms with Crippen molar-refractivity contribution >= 4 is 36.0 Å². The van der Waals surface area contributed by atoms with Gasteiger partial charge in [0, 0.05) is 21.9 Å². The molecule has 6 heteroatoms. The third-order valence-electron chi connectivity index (χ3n) is 6.78. The first-order chi connectivity index (χ1) is 11.1. The summed E-state index contributed by atoms with van der Waals surface area (Å²) in [4.78, 5) is 25.3. The van der Waals surface area contributed by atoms with Gasteiger partial charge in [-0.25, -0.2) is 0 Å². The predicted octanol–water partition coefficient (Wildman–Crippen LogP) is 3.30. The van der Waals surface area contributed by atoms with E-state index in [-0.39, 0.29) is 6.16 Å². The van der Waals surface area contributed by atoms with Crippen LogP contribution in [0.15, 0.2) is 41.4 Å². The van der Waals surface area contributed by atoms with Gasteiger partial charge in [-0.3, -0.25) is 9.59 Å². The van der Waals surface area contributed by atoms with Crippen LogP contribution in [0.1, 0.15) is 20.8 Å². The van der Waals surface area contributed by atoms with Gasteiger partial charge in [0.05, 0.1) is 16.5 Å². The molecule has 3 aliphatic heterocycles. The third kappa shape index (κ3) is 1.43. The molecular weight excluding hydrogens is 347 g/mol. The quantitative estimate of drug-likeness (QED) is 0.436. The Labute approximate surface area is 145 Å². The molecule has 0 amide bonds. The zero-order valence-electron chi connectivity index (χ0n) is 13.7. The largest absolute Gasteiger partial charge is 0.392 e. The molecule has 0 radical (unpaired) electrons. The molecule has 126 valence electrons. The molecule has 1 aliphatic carbocycles. The number of halogens is 1. The van der Waals surface area contributed by atoms with Gasteiger partial charge in [-0.05, 0) is 13.8 Å². The van der Waals surface area contributed by atoms with Crippen LogP contribution >= 0.6 is 18.7 Å². The molecule has 0 spiro atoms. The van der Waals surface area contributed by atoms with E-state index in [1.165, 1.54) is 0 Å². The van der Waals surface area contributed by atoms with Gasteiger partial charge in [0.2, 0.25) is 0 Å². The molecule has 2 saturated heterocycles. The van der Waals surface area contributed by atoms with Crippen molar-refractivity contribution in [3.05, 3.63) is 41.4 Å². The lowest BCUT2D eigenvalue weighted by atomic mass is 9.50. The van der Waals surface area contributed by atoms with Crippen molar-refractivity contribution < 1.29 is 18.9 Å². The molecule has 4 aliphatic rings. The van der Waals surface area contributed by atoms with Gasteiger partial charge in [-0.2, -0.15) is 0 Å². The van der Waals surface area contributed by atoms with E-state index in [1.54, 1.807) is 19.9 Å². The Morgan fingerprint density at radius 1 is 1.12 bits per heavy atom. The minimum atomic E-state index is -2.98.